The van der Waals surface area contributed by atoms with Gasteiger partial charge in [0.05, 0.1) is 0 Å². The van der Waals surface area contributed by atoms with Crippen LogP contribution in [0, 0.1) is 0 Å². The van der Waals surface area contributed by atoms with Crippen molar-refractivity contribution in [3.05, 3.63) is 95.6 Å². The summed E-state index contributed by atoms with van der Waals surface area (Å²) in [6.07, 6.45) is -0.446. The predicted octanol–water partition coefficient (Wildman–Crippen LogP) is 6.02. The Hall–Kier alpha value is -4.27. The maximum atomic E-state index is 16.0. The number of esters is 1. The number of carbonyl (C=O) groups excluding carboxylic acids is 3. The van der Waals surface area contributed by atoms with Gasteiger partial charge in [0.2, 0.25) is 0 Å². The van der Waals surface area contributed by atoms with Gasteiger partial charge in [-0.1, -0.05) is 78.9 Å². The van der Waals surface area contributed by atoms with E-state index in [1.165, 1.54) is 24.3 Å². The van der Waals surface area contributed by atoms with Gasteiger partial charge in [0, 0.05) is 18.0 Å². The monoisotopic (exact) mass is 576 g/mol. The van der Waals surface area contributed by atoms with Gasteiger partial charge in [0.15, 0.2) is 6.04 Å². The van der Waals surface area contributed by atoms with Crippen molar-refractivity contribution >= 4 is 18.0 Å². The number of hydrogen-bond donors (Lipinski definition) is 1. The van der Waals surface area contributed by atoms with E-state index in [-0.39, 0.29) is 25.5 Å². The minimum atomic E-state index is -3.80. The van der Waals surface area contributed by atoms with Crippen molar-refractivity contribution < 1.29 is 32.6 Å². The molecule has 1 aliphatic carbocycles. The number of ether oxygens (including phenoxy) is 2. The Kier molecular flexibility index (Phi) is 8.03. The average molecular weight is 577 g/mol. The predicted molar refractivity (Wildman–Crippen MR) is 153 cm³/mol. The summed E-state index contributed by atoms with van der Waals surface area (Å²) in [5, 5.41) is 2.16. The fraction of sp³-hybridized carbons (Fsp3) is 0.364. The van der Waals surface area contributed by atoms with Gasteiger partial charge >= 0.3 is 18.0 Å². The molecule has 0 unspecified atom stereocenters. The molecule has 42 heavy (non-hydrogen) atoms. The number of halogens is 2. The third-order valence-corrected chi connectivity index (χ3v) is 7.59. The minimum absolute atomic E-state index is 0.0798. The minimum Gasteiger partial charge on any atom is -0.458 e. The topological polar surface area (TPSA) is 84.9 Å². The lowest BCUT2D eigenvalue weighted by molar-refractivity contribution is -0.166. The standard InChI is InChI=1S/C33H34F2N2O5/c1-32(2,3)42-30(39)27-18-11-19-37(27)29(38)28(33(34,35)21-12-5-4-6-13-21)36-31(40)41-20-26-24-16-9-7-14-22(24)23-15-8-10-17-25(23)26/h4-10,12-17,26-28H,11,18-20H2,1-3H3,(H,36,40)/t27-,28+/m0/s1. The number of rotatable bonds is 7. The second kappa shape index (κ2) is 11.5. The number of amides is 2. The van der Waals surface area contributed by atoms with E-state index in [0.29, 0.717) is 6.42 Å². The maximum absolute atomic E-state index is 16.0. The fourth-order valence-corrected chi connectivity index (χ4v) is 5.70. The number of nitrogens with zero attached hydrogens (tertiary/aromatic N) is 1. The lowest BCUT2D eigenvalue weighted by atomic mass is 9.98. The number of fused-ring (bicyclic) bond motifs is 3. The molecular weight excluding hydrogens is 542 g/mol. The summed E-state index contributed by atoms with van der Waals surface area (Å²) < 4.78 is 42.9. The Balaban J connectivity index is 1.37. The molecule has 1 fully saturated rings. The highest BCUT2D eigenvalue weighted by atomic mass is 19.3. The van der Waals surface area contributed by atoms with Gasteiger partial charge < -0.3 is 19.7 Å². The Morgan fingerprint density at radius 3 is 2.07 bits per heavy atom. The van der Waals surface area contributed by atoms with Gasteiger partial charge in [-0.2, -0.15) is 8.78 Å². The molecule has 2 aliphatic rings. The summed E-state index contributed by atoms with van der Waals surface area (Å²) in [7, 11) is 0. The lowest BCUT2D eigenvalue weighted by Gasteiger charge is -2.33. The number of hydrogen-bond acceptors (Lipinski definition) is 5. The van der Waals surface area contributed by atoms with Crippen LogP contribution in [0.4, 0.5) is 13.6 Å². The Morgan fingerprint density at radius 2 is 1.48 bits per heavy atom. The second-order valence-corrected chi connectivity index (χ2v) is 11.6. The smallest absolute Gasteiger partial charge is 0.408 e. The molecule has 3 aromatic rings. The molecule has 1 aliphatic heterocycles. The van der Waals surface area contributed by atoms with Crippen molar-refractivity contribution in [2.24, 2.45) is 0 Å². The van der Waals surface area contributed by atoms with Crippen LogP contribution < -0.4 is 5.32 Å². The molecule has 0 spiro atoms. The Labute approximate surface area is 243 Å². The average Bonchev–Trinajstić information content (AvgIpc) is 3.58. The maximum Gasteiger partial charge on any atom is 0.408 e. The van der Waals surface area contributed by atoms with Crippen LogP contribution in [0.15, 0.2) is 78.9 Å². The molecule has 1 saturated heterocycles. The van der Waals surface area contributed by atoms with Crippen LogP contribution >= 0.6 is 0 Å². The summed E-state index contributed by atoms with van der Waals surface area (Å²) in [5.74, 6) is -5.84. The molecular formula is C33H34F2N2O5. The van der Waals surface area contributed by atoms with Gasteiger partial charge in [-0.3, -0.25) is 4.79 Å². The first kappa shape index (κ1) is 29.2. The van der Waals surface area contributed by atoms with Crippen molar-refractivity contribution in [1.29, 1.82) is 0 Å². The van der Waals surface area contributed by atoms with E-state index in [4.69, 9.17) is 9.47 Å². The SMILES string of the molecule is CC(C)(C)OC(=O)[C@@H]1CCCN1C(=O)[C@@H](NC(=O)OCC1c2ccccc2-c2ccccc21)C(F)(F)c1ccccc1. The van der Waals surface area contributed by atoms with Gasteiger partial charge in [-0.15, -0.1) is 0 Å². The molecule has 5 rings (SSSR count). The van der Waals surface area contributed by atoms with E-state index in [9.17, 15) is 14.4 Å². The summed E-state index contributed by atoms with van der Waals surface area (Å²) in [6, 6.07) is 19.0. The zero-order chi connectivity index (χ0) is 30.1. The van der Waals surface area contributed by atoms with Crippen LogP contribution in [-0.2, 0) is 25.0 Å². The molecule has 0 bridgehead atoms. The van der Waals surface area contributed by atoms with Crippen LogP contribution in [0.25, 0.3) is 11.1 Å². The van der Waals surface area contributed by atoms with Crippen molar-refractivity contribution in [2.75, 3.05) is 13.2 Å². The molecule has 9 heteroatoms. The highest BCUT2D eigenvalue weighted by Crippen LogP contribution is 2.44. The van der Waals surface area contributed by atoms with E-state index in [2.05, 4.69) is 5.32 Å². The van der Waals surface area contributed by atoms with E-state index in [1.54, 1.807) is 26.8 Å². The van der Waals surface area contributed by atoms with Gasteiger partial charge in [-0.25, -0.2) is 9.59 Å². The first-order valence-electron chi connectivity index (χ1n) is 14.1. The van der Waals surface area contributed by atoms with Crippen LogP contribution in [0.1, 0.15) is 56.2 Å². The fourth-order valence-electron chi connectivity index (χ4n) is 5.70. The largest absolute Gasteiger partial charge is 0.458 e. The Bertz CT molecular complexity index is 1430. The lowest BCUT2D eigenvalue weighted by Crippen LogP contribution is -2.58. The van der Waals surface area contributed by atoms with Crippen LogP contribution in [0.3, 0.4) is 0 Å². The van der Waals surface area contributed by atoms with Crippen molar-refractivity contribution in [3.63, 3.8) is 0 Å². The highest BCUT2D eigenvalue weighted by molar-refractivity contribution is 5.91. The highest BCUT2D eigenvalue weighted by Gasteiger charge is 2.51. The molecule has 1 heterocycles. The molecule has 7 nitrogen and oxygen atoms in total. The number of alkyl carbamates (subject to hydrolysis) is 1. The normalized spacial score (nSPS) is 17.3. The van der Waals surface area contributed by atoms with Gasteiger partial charge in [0.1, 0.15) is 18.2 Å². The van der Waals surface area contributed by atoms with Crippen molar-refractivity contribution in [3.8, 4) is 11.1 Å². The van der Waals surface area contributed by atoms with Crippen LogP contribution in [0.2, 0.25) is 0 Å². The molecule has 2 amide bonds. The zero-order valence-electron chi connectivity index (χ0n) is 23.8. The summed E-state index contributed by atoms with van der Waals surface area (Å²) in [5.41, 5.74) is 2.70. The molecule has 2 atom stereocenters. The molecule has 220 valence electrons. The van der Waals surface area contributed by atoms with Crippen molar-refractivity contribution in [2.45, 2.75) is 63.1 Å². The molecule has 0 radical (unpaired) electrons. The number of likely N-dealkylation sites (tertiary alicyclic amines) is 1. The first-order valence-corrected chi connectivity index (χ1v) is 14.1. The molecule has 0 saturated carbocycles. The van der Waals surface area contributed by atoms with Gasteiger partial charge in [-0.05, 0) is 55.9 Å². The van der Waals surface area contributed by atoms with Crippen LogP contribution in [0.5, 0.6) is 0 Å². The van der Waals surface area contributed by atoms with E-state index in [0.717, 1.165) is 27.2 Å². The van der Waals surface area contributed by atoms with E-state index >= 15 is 8.78 Å². The number of nitrogens with one attached hydrogen (secondary N) is 1. The summed E-state index contributed by atoms with van der Waals surface area (Å²) >= 11 is 0. The zero-order valence-corrected chi connectivity index (χ0v) is 23.8. The molecule has 1 N–H and O–H groups in total. The van der Waals surface area contributed by atoms with E-state index in [1.807, 2.05) is 48.5 Å². The molecule has 3 aromatic carbocycles. The molecule has 0 aromatic heterocycles. The van der Waals surface area contributed by atoms with Crippen LogP contribution in [-0.4, -0.2) is 53.7 Å². The number of alkyl halides is 2. The second-order valence-electron chi connectivity index (χ2n) is 11.6. The Morgan fingerprint density at radius 1 is 0.905 bits per heavy atom. The summed E-state index contributed by atoms with van der Waals surface area (Å²) in [6.45, 7) is 5.05. The third kappa shape index (κ3) is 5.86. The third-order valence-electron chi connectivity index (χ3n) is 7.59. The number of carbonyl (C=O) groups is 3. The number of benzene rings is 3. The van der Waals surface area contributed by atoms with E-state index < -0.39 is 47.1 Å². The quantitative estimate of drug-likeness (QED) is 0.348. The summed E-state index contributed by atoms with van der Waals surface area (Å²) in [4.78, 5) is 40.8. The van der Waals surface area contributed by atoms with Crippen molar-refractivity contribution in [1.82, 2.24) is 10.2 Å². The first-order chi connectivity index (χ1) is 20.0. The van der Waals surface area contributed by atoms with Gasteiger partial charge in [0.25, 0.3) is 5.91 Å².